The summed E-state index contributed by atoms with van der Waals surface area (Å²) < 4.78 is 41.3. The Bertz CT molecular complexity index is 768. The largest absolute Gasteiger partial charge is 0.484 e. The third-order valence-corrected chi connectivity index (χ3v) is 3.35. The van der Waals surface area contributed by atoms with Gasteiger partial charge in [0.15, 0.2) is 6.61 Å². The van der Waals surface area contributed by atoms with Crippen molar-refractivity contribution in [2.24, 2.45) is 0 Å². The Hall–Kier alpha value is -2.64. The van der Waals surface area contributed by atoms with Gasteiger partial charge in [0, 0.05) is 18.5 Å². The minimum atomic E-state index is -4.41. The number of hydrogen-bond donors (Lipinski definition) is 0. The standard InChI is InChI=1S/C18H20F3N3O2/c1-12(25)24(15-9-10-22-16(23-15)17(2,3)4)13-5-7-14(8-6-13)26-11-18(19,20)21/h5-10H,11H2,1-4H3. The minimum Gasteiger partial charge on any atom is -0.484 e. The van der Waals surface area contributed by atoms with Gasteiger partial charge in [-0.25, -0.2) is 9.97 Å². The average molecular weight is 367 g/mol. The molecule has 2 aromatic rings. The van der Waals surface area contributed by atoms with Crippen LogP contribution in [0.4, 0.5) is 24.7 Å². The molecule has 1 heterocycles. The quantitative estimate of drug-likeness (QED) is 0.804. The van der Waals surface area contributed by atoms with E-state index in [1.165, 1.54) is 36.1 Å². The second-order valence-corrected chi connectivity index (χ2v) is 6.74. The molecule has 0 bridgehead atoms. The van der Waals surface area contributed by atoms with Crippen LogP contribution in [0.1, 0.15) is 33.5 Å². The third-order valence-electron chi connectivity index (χ3n) is 3.35. The smallest absolute Gasteiger partial charge is 0.422 e. The van der Waals surface area contributed by atoms with Crippen LogP contribution in [0.25, 0.3) is 0 Å². The molecule has 0 aliphatic heterocycles. The second kappa shape index (κ2) is 7.31. The number of carbonyl (C=O) groups excluding carboxylic acids is 1. The first-order valence-corrected chi connectivity index (χ1v) is 7.91. The highest BCUT2D eigenvalue weighted by Crippen LogP contribution is 2.28. The van der Waals surface area contributed by atoms with Gasteiger partial charge in [-0.3, -0.25) is 9.69 Å². The fourth-order valence-electron chi connectivity index (χ4n) is 2.17. The van der Waals surface area contributed by atoms with Gasteiger partial charge in [0.2, 0.25) is 5.91 Å². The van der Waals surface area contributed by atoms with Crippen LogP contribution in [0.15, 0.2) is 36.5 Å². The Morgan fingerprint density at radius 1 is 1.12 bits per heavy atom. The van der Waals surface area contributed by atoms with Crippen molar-refractivity contribution in [2.45, 2.75) is 39.3 Å². The van der Waals surface area contributed by atoms with Crippen molar-refractivity contribution in [3.8, 4) is 5.75 Å². The van der Waals surface area contributed by atoms with Gasteiger partial charge in [0.1, 0.15) is 17.4 Å². The van der Waals surface area contributed by atoms with Crippen LogP contribution in [-0.4, -0.2) is 28.7 Å². The highest BCUT2D eigenvalue weighted by Gasteiger charge is 2.28. The summed E-state index contributed by atoms with van der Waals surface area (Å²) in [7, 11) is 0. The van der Waals surface area contributed by atoms with Gasteiger partial charge in [0.05, 0.1) is 5.69 Å². The molecule has 0 fully saturated rings. The Morgan fingerprint density at radius 2 is 1.73 bits per heavy atom. The zero-order valence-corrected chi connectivity index (χ0v) is 15.0. The number of anilines is 2. The Kier molecular flexibility index (Phi) is 5.53. The van der Waals surface area contributed by atoms with E-state index in [1.54, 1.807) is 12.3 Å². The van der Waals surface area contributed by atoms with Crippen molar-refractivity contribution in [2.75, 3.05) is 11.5 Å². The van der Waals surface area contributed by atoms with E-state index in [1.807, 2.05) is 20.8 Å². The number of ether oxygens (including phenoxy) is 1. The summed E-state index contributed by atoms with van der Waals surface area (Å²) >= 11 is 0. The molecule has 1 aromatic heterocycles. The zero-order valence-electron chi connectivity index (χ0n) is 15.0. The summed E-state index contributed by atoms with van der Waals surface area (Å²) in [6.45, 7) is 5.88. The number of amides is 1. The van der Waals surface area contributed by atoms with Crippen LogP contribution in [0.5, 0.6) is 5.75 Å². The van der Waals surface area contributed by atoms with Gasteiger partial charge in [0.25, 0.3) is 0 Å². The van der Waals surface area contributed by atoms with E-state index < -0.39 is 12.8 Å². The molecule has 1 amide bonds. The number of hydrogen-bond acceptors (Lipinski definition) is 4. The molecule has 0 aliphatic carbocycles. The predicted molar refractivity (Wildman–Crippen MR) is 91.5 cm³/mol. The number of carbonyl (C=O) groups is 1. The van der Waals surface area contributed by atoms with E-state index in [9.17, 15) is 18.0 Å². The molecular weight excluding hydrogens is 347 g/mol. The van der Waals surface area contributed by atoms with Crippen molar-refractivity contribution in [3.05, 3.63) is 42.4 Å². The number of benzene rings is 1. The van der Waals surface area contributed by atoms with E-state index >= 15 is 0 Å². The normalized spacial score (nSPS) is 12.0. The molecule has 5 nitrogen and oxygen atoms in total. The molecule has 0 atom stereocenters. The van der Waals surface area contributed by atoms with E-state index in [0.29, 0.717) is 17.3 Å². The molecule has 0 radical (unpaired) electrons. The van der Waals surface area contributed by atoms with Crippen LogP contribution in [0.2, 0.25) is 0 Å². The van der Waals surface area contributed by atoms with Crippen LogP contribution in [0.3, 0.4) is 0 Å². The molecule has 0 saturated heterocycles. The molecule has 26 heavy (non-hydrogen) atoms. The lowest BCUT2D eigenvalue weighted by atomic mass is 9.96. The van der Waals surface area contributed by atoms with Crippen LogP contribution in [-0.2, 0) is 10.2 Å². The van der Waals surface area contributed by atoms with Gasteiger partial charge in [-0.2, -0.15) is 13.2 Å². The Labute approximate surface area is 149 Å². The first kappa shape index (κ1) is 19.7. The SMILES string of the molecule is CC(=O)N(c1ccc(OCC(F)(F)F)cc1)c1ccnc(C(C)(C)C)n1. The van der Waals surface area contributed by atoms with Crippen LogP contribution < -0.4 is 9.64 Å². The van der Waals surface area contributed by atoms with E-state index in [4.69, 9.17) is 0 Å². The summed E-state index contributed by atoms with van der Waals surface area (Å²) in [6.07, 6.45) is -2.84. The number of alkyl halides is 3. The highest BCUT2D eigenvalue weighted by molar-refractivity contribution is 5.98. The number of rotatable bonds is 4. The summed E-state index contributed by atoms with van der Waals surface area (Å²) in [5.41, 5.74) is 0.170. The lowest BCUT2D eigenvalue weighted by molar-refractivity contribution is -0.153. The molecule has 0 saturated carbocycles. The van der Waals surface area contributed by atoms with Crippen molar-refractivity contribution in [3.63, 3.8) is 0 Å². The van der Waals surface area contributed by atoms with Crippen molar-refractivity contribution in [1.82, 2.24) is 9.97 Å². The molecule has 0 unspecified atom stereocenters. The van der Waals surface area contributed by atoms with E-state index in [0.717, 1.165) is 0 Å². The number of nitrogens with zero attached hydrogens (tertiary/aromatic N) is 3. The molecule has 2 rings (SSSR count). The summed E-state index contributed by atoms with van der Waals surface area (Å²) in [6, 6.07) is 7.37. The lowest BCUT2D eigenvalue weighted by Gasteiger charge is -2.23. The summed E-state index contributed by atoms with van der Waals surface area (Å²) in [5.74, 6) is 0.743. The average Bonchev–Trinajstić information content (AvgIpc) is 2.53. The third kappa shape index (κ3) is 5.18. The Morgan fingerprint density at radius 3 is 2.23 bits per heavy atom. The number of aromatic nitrogens is 2. The number of halogens is 3. The maximum atomic E-state index is 12.2. The maximum Gasteiger partial charge on any atom is 0.422 e. The first-order valence-electron chi connectivity index (χ1n) is 7.91. The maximum absolute atomic E-state index is 12.2. The molecular formula is C18H20F3N3O2. The predicted octanol–water partition coefficient (Wildman–Crippen LogP) is 4.40. The summed E-state index contributed by atoms with van der Waals surface area (Å²) in [5, 5.41) is 0. The van der Waals surface area contributed by atoms with Gasteiger partial charge >= 0.3 is 6.18 Å². The fourth-order valence-corrected chi connectivity index (χ4v) is 2.17. The highest BCUT2D eigenvalue weighted by atomic mass is 19.4. The van der Waals surface area contributed by atoms with Gasteiger partial charge in [-0.15, -0.1) is 0 Å². The molecule has 0 aliphatic rings. The lowest BCUT2D eigenvalue weighted by Crippen LogP contribution is -2.26. The molecule has 8 heteroatoms. The molecule has 1 aromatic carbocycles. The zero-order chi connectivity index (χ0) is 19.5. The van der Waals surface area contributed by atoms with Crippen LogP contribution >= 0.6 is 0 Å². The molecule has 140 valence electrons. The van der Waals surface area contributed by atoms with Crippen molar-refractivity contribution >= 4 is 17.4 Å². The van der Waals surface area contributed by atoms with Crippen molar-refractivity contribution in [1.29, 1.82) is 0 Å². The van der Waals surface area contributed by atoms with Gasteiger partial charge in [-0.1, -0.05) is 20.8 Å². The van der Waals surface area contributed by atoms with E-state index in [2.05, 4.69) is 14.7 Å². The fraction of sp³-hybridized carbons (Fsp3) is 0.389. The second-order valence-electron chi connectivity index (χ2n) is 6.74. The molecule has 0 spiro atoms. The van der Waals surface area contributed by atoms with E-state index in [-0.39, 0.29) is 17.1 Å². The van der Waals surface area contributed by atoms with Gasteiger partial charge < -0.3 is 4.74 Å². The molecule has 0 N–H and O–H groups in total. The first-order chi connectivity index (χ1) is 12.0. The van der Waals surface area contributed by atoms with Gasteiger partial charge in [-0.05, 0) is 30.3 Å². The summed E-state index contributed by atoms with van der Waals surface area (Å²) in [4.78, 5) is 22.2. The van der Waals surface area contributed by atoms with Crippen molar-refractivity contribution < 1.29 is 22.7 Å². The van der Waals surface area contributed by atoms with Crippen LogP contribution in [0, 0.1) is 0 Å². The monoisotopic (exact) mass is 367 g/mol. The Balaban J connectivity index is 2.29. The topological polar surface area (TPSA) is 55.3 Å². The minimum absolute atomic E-state index is 0.0626.